The predicted molar refractivity (Wildman–Crippen MR) is 154 cm³/mol. The van der Waals surface area contributed by atoms with Crippen LogP contribution >= 0.6 is 22.6 Å². The highest BCUT2D eigenvalue weighted by Gasteiger charge is 2.47. The molecule has 0 aromatic heterocycles. The molecule has 1 saturated heterocycles. The Morgan fingerprint density at radius 1 is 1.07 bits per heavy atom. The highest BCUT2D eigenvalue weighted by Crippen LogP contribution is 2.32. The molecular weight excluding hydrogens is 632 g/mol. The molecule has 1 aliphatic heterocycles. The summed E-state index contributed by atoms with van der Waals surface area (Å²) >= 11 is 1.96. The van der Waals surface area contributed by atoms with E-state index in [-0.39, 0.29) is 25.5 Å². The Bertz CT molecular complexity index is 1340. The number of rotatable bonds is 12. The molecule has 4 amide bonds. The maximum atomic E-state index is 14.6. The van der Waals surface area contributed by atoms with Gasteiger partial charge in [0.25, 0.3) is 5.91 Å². The lowest BCUT2D eigenvalue weighted by Crippen LogP contribution is -2.50. The Balaban J connectivity index is 1.55. The van der Waals surface area contributed by atoms with Crippen molar-refractivity contribution in [1.82, 2.24) is 10.2 Å². The molecule has 3 atom stereocenters. The van der Waals surface area contributed by atoms with Gasteiger partial charge in [0.15, 0.2) is 0 Å². The van der Waals surface area contributed by atoms with E-state index in [4.69, 9.17) is 14.6 Å². The number of aliphatic hydroxyl groups is 1. The number of anilines is 1. The molecule has 1 unspecified atom stereocenters. The number of nitrogens with one attached hydrogen (secondary N) is 2. The molecule has 3 aromatic rings. The number of benzene rings is 3. The molecule has 1 heterocycles. The number of halogens is 2. The minimum absolute atomic E-state index is 0.0448. The first-order chi connectivity index (χ1) is 19.3. The van der Waals surface area contributed by atoms with E-state index in [1.165, 1.54) is 12.1 Å². The van der Waals surface area contributed by atoms with Gasteiger partial charge in [-0.15, -0.1) is 0 Å². The van der Waals surface area contributed by atoms with Gasteiger partial charge in [0.05, 0.1) is 25.5 Å². The number of urea groups is 1. The molecule has 210 valence electrons. The molecule has 0 spiro atoms. The summed E-state index contributed by atoms with van der Waals surface area (Å²) in [4.78, 5) is 41.4. The van der Waals surface area contributed by atoms with Gasteiger partial charge in [-0.2, -0.15) is 0 Å². The van der Waals surface area contributed by atoms with Gasteiger partial charge < -0.3 is 25.2 Å². The Morgan fingerprint density at radius 3 is 2.48 bits per heavy atom. The fraction of sp³-hybridized carbons (Fsp3) is 0.276. The topological polar surface area (TPSA) is 117 Å². The maximum absolute atomic E-state index is 14.6. The number of amides is 4. The Morgan fingerprint density at radius 2 is 1.80 bits per heavy atom. The fourth-order valence-corrected chi connectivity index (χ4v) is 4.88. The number of imide groups is 1. The lowest BCUT2D eigenvalue weighted by molar-refractivity contribution is -0.134. The summed E-state index contributed by atoms with van der Waals surface area (Å²) in [5.41, 5.74) is 1.20. The first-order valence-electron chi connectivity index (χ1n) is 12.7. The lowest BCUT2D eigenvalue weighted by atomic mass is 9.91. The fourth-order valence-electron chi connectivity index (χ4n) is 4.43. The van der Waals surface area contributed by atoms with Crippen molar-refractivity contribution >= 4 is 46.1 Å². The largest absolute Gasteiger partial charge is 0.491 e. The first kappa shape index (κ1) is 29.4. The third-order valence-electron chi connectivity index (χ3n) is 6.45. The van der Waals surface area contributed by atoms with Crippen molar-refractivity contribution < 1.29 is 33.4 Å². The van der Waals surface area contributed by atoms with Gasteiger partial charge in [-0.05, 0) is 64.0 Å². The molecule has 0 saturated carbocycles. The number of aliphatic hydroxyl groups excluding tert-OH is 1. The zero-order valence-corrected chi connectivity index (χ0v) is 23.8. The van der Waals surface area contributed by atoms with Crippen LogP contribution in [0.3, 0.4) is 0 Å². The van der Waals surface area contributed by atoms with Crippen LogP contribution in [0.2, 0.25) is 0 Å². The minimum atomic E-state index is -1.25. The van der Waals surface area contributed by atoms with Crippen molar-refractivity contribution in [1.29, 1.82) is 0 Å². The average molecular weight is 661 g/mol. The van der Waals surface area contributed by atoms with Crippen LogP contribution in [0.25, 0.3) is 0 Å². The van der Waals surface area contributed by atoms with E-state index < -0.39 is 41.7 Å². The van der Waals surface area contributed by atoms with E-state index in [9.17, 15) is 18.8 Å². The standard InChI is InChI=1S/C29H29FIN3O6/c1-18(19-5-3-2-4-6-19)26(27(36)32-24-12-9-21(31)17-23(24)30)34-28(37)25(33-29(34)38)20-7-10-22(11-8-20)40-16-15-39-14-13-35/h2-12,17-18,25-26,35H,13-16H2,1H3,(H,32,36)(H,33,38)/t18-,25?,26-/m0/s1. The molecule has 0 bridgehead atoms. The van der Waals surface area contributed by atoms with Gasteiger partial charge in [0, 0.05) is 9.49 Å². The molecule has 40 heavy (non-hydrogen) atoms. The van der Waals surface area contributed by atoms with Crippen LogP contribution in [0, 0.1) is 9.39 Å². The zero-order chi connectivity index (χ0) is 28.6. The molecule has 0 aliphatic carbocycles. The lowest BCUT2D eigenvalue weighted by Gasteiger charge is -2.30. The van der Waals surface area contributed by atoms with E-state index in [2.05, 4.69) is 10.6 Å². The molecule has 1 aliphatic rings. The van der Waals surface area contributed by atoms with Crippen LogP contribution in [0.5, 0.6) is 5.75 Å². The predicted octanol–water partition coefficient (Wildman–Crippen LogP) is 4.22. The second-order valence-electron chi connectivity index (χ2n) is 9.10. The number of carbonyl (C=O) groups is 3. The van der Waals surface area contributed by atoms with Gasteiger partial charge >= 0.3 is 6.03 Å². The van der Waals surface area contributed by atoms with Crippen LogP contribution in [0.15, 0.2) is 72.8 Å². The van der Waals surface area contributed by atoms with Gasteiger partial charge in [-0.1, -0.05) is 49.4 Å². The smallest absolute Gasteiger partial charge is 0.325 e. The van der Waals surface area contributed by atoms with E-state index in [1.807, 2.05) is 28.7 Å². The van der Waals surface area contributed by atoms with E-state index in [1.54, 1.807) is 61.5 Å². The number of ether oxygens (including phenoxy) is 2. The van der Waals surface area contributed by atoms with Crippen LogP contribution in [-0.4, -0.2) is 60.3 Å². The summed E-state index contributed by atoms with van der Waals surface area (Å²) in [6.07, 6.45) is 0. The van der Waals surface area contributed by atoms with Crippen molar-refractivity contribution in [2.24, 2.45) is 0 Å². The second kappa shape index (κ2) is 13.7. The third-order valence-corrected chi connectivity index (χ3v) is 7.12. The molecule has 9 nitrogen and oxygen atoms in total. The van der Waals surface area contributed by atoms with Crippen molar-refractivity contribution in [3.63, 3.8) is 0 Å². The molecule has 3 aromatic carbocycles. The van der Waals surface area contributed by atoms with Crippen molar-refractivity contribution in [2.75, 3.05) is 31.7 Å². The van der Waals surface area contributed by atoms with Gasteiger partial charge in [-0.25, -0.2) is 14.1 Å². The Labute approximate surface area is 244 Å². The van der Waals surface area contributed by atoms with Gasteiger partial charge in [0.2, 0.25) is 5.91 Å². The second-order valence-corrected chi connectivity index (χ2v) is 10.3. The maximum Gasteiger partial charge on any atom is 0.325 e. The Hall–Kier alpha value is -3.55. The summed E-state index contributed by atoms with van der Waals surface area (Å²) in [7, 11) is 0. The van der Waals surface area contributed by atoms with Crippen molar-refractivity contribution in [2.45, 2.75) is 24.9 Å². The van der Waals surface area contributed by atoms with Crippen molar-refractivity contribution in [3.05, 3.63) is 93.3 Å². The van der Waals surface area contributed by atoms with Crippen LogP contribution in [0.1, 0.15) is 30.0 Å². The highest BCUT2D eigenvalue weighted by molar-refractivity contribution is 14.1. The molecular formula is C29H29FIN3O6. The van der Waals surface area contributed by atoms with Gasteiger partial charge in [-0.3, -0.25) is 9.59 Å². The summed E-state index contributed by atoms with van der Waals surface area (Å²) in [6.45, 7) is 2.49. The van der Waals surface area contributed by atoms with E-state index in [0.29, 0.717) is 21.5 Å². The summed E-state index contributed by atoms with van der Waals surface area (Å²) in [5, 5.41) is 14.0. The average Bonchev–Trinajstić information content (AvgIpc) is 3.24. The molecule has 3 N–H and O–H groups in total. The number of hydrogen-bond acceptors (Lipinski definition) is 6. The highest BCUT2D eigenvalue weighted by atomic mass is 127. The van der Waals surface area contributed by atoms with Crippen LogP contribution in [0.4, 0.5) is 14.9 Å². The minimum Gasteiger partial charge on any atom is -0.491 e. The van der Waals surface area contributed by atoms with E-state index >= 15 is 0 Å². The summed E-state index contributed by atoms with van der Waals surface area (Å²) in [6, 6.07) is 17.1. The quantitative estimate of drug-likeness (QED) is 0.152. The van der Waals surface area contributed by atoms with Crippen LogP contribution in [-0.2, 0) is 14.3 Å². The number of carbonyl (C=O) groups excluding carboxylic acids is 3. The van der Waals surface area contributed by atoms with Crippen molar-refractivity contribution in [3.8, 4) is 5.75 Å². The molecule has 11 heteroatoms. The Kier molecular flexibility index (Phi) is 10.1. The number of nitrogens with zero attached hydrogens (tertiary/aromatic N) is 1. The number of hydrogen-bond donors (Lipinski definition) is 3. The molecule has 0 radical (unpaired) electrons. The van der Waals surface area contributed by atoms with E-state index in [0.717, 1.165) is 10.5 Å². The SMILES string of the molecule is C[C@@H](c1ccccc1)[C@@H](C(=O)Nc1ccc(I)cc1F)N1C(=O)NC(c2ccc(OCCOCCO)cc2)C1=O. The first-order valence-corrected chi connectivity index (χ1v) is 13.7. The zero-order valence-electron chi connectivity index (χ0n) is 21.7. The van der Waals surface area contributed by atoms with Crippen LogP contribution < -0.4 is 15.4 Å². The molecule has 1 fully saturated rings. The third kappa shape index (κ3) is 6.95. The summed E-state index contributed by atoms with van der Waals surface area (Å²) in [5.74, 6) is -1.96. The summed E-state index contributed by atoms with van der Waals surface area (Å²) < 4.78 is 26.0. The van der Waals surface area contributed by atoms with Gasteiger partial charge in [0.1, 0.15) is 30.3 Å². The molecule has 4 rings (SSSR count). The normalized spacial score (nSPS) is 16.4. The monoisotopic (exact) mass is 661 g/mol.